The van der Waals surface area contributed by atoms with Crippen LogP contribution in [0.25, 0.3) is 0 Å². The molecule has 78 valence electrons. The van der Waals surface area contributed by atoms with Crippen molar-refractivity contribution in [1.29, 1.82) is 0 Å². The van der Waals surface area contributed by atoms with E-state index in [1.54, 1.807) is 12.3 Å². The van der Waals surface area contributed by atoms with Crippen LogP contribution >= 0.6 is 0 Å². The van der Waals surface area contributed by atoms with Gasteiger partial charge in [0, 0.05) is 31.7 Å². The zero-order valence-corrected chi connectivity index (χ0v) is 8.60. The highest BCUT2D eigenvalue weighted by Gasteiger charge is 2.19. The maximum Gasteiger partial charge on any atom is 0.187 e. The molecule has 0 bridgehead atoms. The van der Waals surface area contributed by atoms with Crippen LogP contribution < -0.4 is 0 Å². The van der Waals surface area contributed by atoms with Crippen molar-refractivity contribution in [2.24, 2.45) is 0 Å². The molecule has 1 atom stereocenters. The fourth-order valence-electron chi connectivity index (χ4n) is 1.17. The molecule has 0 aliphatic carbocycles. The lowest BCUT2D eigenvalue weighted by atomic mass is 10.1. The van der Waals surface area contributed by atoms with E-state index in [4.69, 9.17) is 9.47 Å². The molecule has 0 saturated heterocycles. The second-order valence-electron chi connectivity index (χ2n) is 3.02. The molecule has 1 aromatic heterocycles. The molecule has 4 heteroatoms. The lowest BCUT2D eigenvalue weighted by Gasteiger charge is -2.19. The highest BCUT2D eigenvalue weighted by Crippen LogP contribution is 2.18. The summed E-state index contributed by atoms with van der Waals surface area (Å²) >= 11 is 0. The average Bonchev–Trinajstić information content (AvgIpc) is 2.20. The van der Waals surface area contributed by atoms with Crippen molar-refractivity contribution < 1.29 is 14.6 Å². The van der Waals surface area contributed by atoms with Crippen LogP contribution in [0.15, 0.2) is 18.3 Å². The Morgan fingerprint density at radius 1 is 1.29 bits per heavy atom. The summed E-state index contributed by atoms with van der Waals surface area (Å²) in [5, 5.41) is 9.78. The van der Waals surface area contributed by atoms with E-state index in [2.05, 4.69) is 4.98 Å². The molecule has 0 aromatic carbocycles. The summed E-state index contributed by atoms with van der Waals surface area (Å²) in [5.41, 5.74) is 1.59. The molecule has 1 unspecified atom stereocenters. The number of pyridine rings is 1. The second-order valence-corrected chi connectivity index (χ2v) is 3.02. The van der Waals surface area contributed by atoms with E-state index >= 15 is 0 Å². The Kier molecular flexibility index (Phi) is 4.00. The van der Waals surface area contributed by atoms with E-state index < -0.39 is 12.4 Å². The van der Waals surface area contributed by atoms with E-state index in [9.17, 15) is 5.11 Å². The number of aryl methyl sites for hydroxylation is 1. The van der Waals surface area contributed by atoms with E-state index in [-0.39, 0.29) is 0 Å². The Bertz CT molecular complexity index is 269. The first kappa shape index (κ1) is 11.1. The van der Waals surface area contributed by atoms with Gasteiger partial charge < -0.3 is 14.6 Å². The van der Waals surface area contributed by atoms with E-state index in [1.807, 2.05) is 13.0 Å². The summed E-state index contributed by atoms with van der Waals surface area (Å²) in [6, 6.07) is 3.64. The van der Waals surface area contributed by atoms with Crippen LogP contribution in [-0.4, -0.2) is 30.6 Å². The monoisotopic (exact) mass is 197 g/mol. The van der Waals surface area contributed by atoms with Gasteiger partial charge in [-0.3, -0.25) is 4.98 Å². The van der Waals surface area contributed by atoms with Crippen molar-refractivity contribution in [3.63, 3.8) is 0 Å². The molecule has 4 nitrogen and oxygen atoms in total. The fraction of sp³-hybridized carbons (Fsp3) is 0.500. The topological polar surface area (TPSA) is 51.6 Å². The van der Waals surface area contributed by atoms with Gasteiger partial charge >= 0.3 is 0 Å². The van der Waals surface area contributed by atoms with Gasteiger partial charge in [0.05, 0.1) is 0 Å². The number of rotatable bonds is 4. The van der Waals surface area contributed by atoms with Gasteiger partial charge in [0.1, 0.15) is 6.10 Å². The molecular weight excluding hydrogens is 182 g/mol. The van der Waals surface area contributed by atoms with Crippen molar-refractivity contribution >= 4 is 0 Å². The van der Waals surface area contributed by atoms with E-state index in [0.29, 0.717) is 5.56 Å². The lowest BCUT2D eigenvalue weighted by Crippen LogP contribution is -2.22. The average molecular weight is 197 g/mol. The third-order valence-corrected chi connectivity index (χ3v) is 2.00. The number of ether oxygens (including phenoxy) is 2. The predicted octanol–water partition coefficient (Wildman–Crippen LogP) is 1.04. The van der Waals surface area contributed by atoms with Crippen LogP contribution in [0.3, 0.4) is 0 Å². The number of hydrogen-bond donors (Lipinski definition) is 1. The van der Waals surface area contributed by atoms with Crippen LogP contribution in [0.1, 0.15) is 17.4 Å². The highest BCUT2D eigenvalue weighted by molar-refractivity contribution is 5.16. The van der Waals surface area contributed by atoms with Gasteiger partial charge in [-0.1, -0.05) is 6.07 Å². The summed E-state index contributed by atoms with van der Waals surface area (Å²) in [6.45, 7) is 1.89. The molecule has 0 spiro atoms. The maximum absolute atomic E-state index is 9.78. The van der Waals surface area contributed by atoms with Gasteiger partial charge in [0.25, 0.3) is 0 Å². The fourth-order valence-corrected chi connectivity index (χ4v) is 1.17. The summed E-state index contributed by atoms with van der Waals surface area (Å²) < 4.78 is 9.89. The summed E-state index contributed by atoms with van der Waals surface area (Å²) in [4.78, 5) is 4.08. The largest absolute Gasteiger partial charge is 0.383 e. The highest BCUT2D eigenvalue weighted by atomic mass is 16.7. The Balaban J connectivity index is 2.77. The molecule has 0 radical (unpaired) electrons. The third kappa shape index (κ3) is 2.51. The SMILES string of the molecule is COC(OC)C(O)c1ccc(C)nc1. The molecule has 1 heterocycles. The molecule has 0 aliphatic rings. The first-order valence-electron chi connectivity index (χ1n) is 4.35. The lowest BCUT2D eigenvalue weighted by molar-refractivity contribution is -0.166. The molecule has 0 amide bonds. The summed E-state index contributed by atoms with van der Waals surface area (Å²) in [6.07, 6.45) is 0.156. The minimum Gasteiger partial charge on any atom is -0.383 e. The van der Waals surface area contributed by atoms with Gasteiger partial charge in [0.15, 0.2) is 6.29 Å². The van der Waals surface area contributed by atoms with Crippen molar-refractivity contribution in [3.8, 4) is 0 Å². The number of nitrogens with zero attached hydrogens (tertiary/aromatic N) is 1. The van der Waals surface area contributed by atoms with E-state index in [0.717, 1.165) is 5.69 Å². The maximum atomic E-state index is 9.78. The second kappa shape index (κ2) is 5.05. The van der Waals surface area contributed by atoms with Crippen molar-refractivity contribution in [3.05, 3.63) is 29.6 Å². The molecule has 1 aromatic rings. The van der Waals surface area contributed by atoms with Crippen LogP contribution in [0.4, 0.5) is 0 Å². The predicted molar refractivity (Wildman–Crippen MR) is 51.7 cm³/mol. The molecule has 1 rings (SSSR count). The Labute approximate surface area is 83.5 Å². The first-order valence-corrected chi connectivity index (χ1v) is 4.35. The zero-order valence-electron chi connectivity index (χ0n) is 8.60. The Hall–Kier alpha value is -0.970. The molecule has 1 N–H and O–H groups in total. The normalized spacial score (nSPS) is 13.2. The van der Waals surface area contributed by atoms with Gasteiger partial charge in [-0.05, 0) is 13.0 Å². The van der Waals surface area contributed by atoms with Crippen LogP contribution in [0.2, 0.25) is 0 Å². The van der Waals surface area contributed by atoms with Crippen LogP contribution in [-0.2, 0) is 9.47 Å². The Morgan fingerprint density at radius 2 is 1.93 bits per heavy atom. The minimum absolute atomic E-state index is 0.653. The minimum atomic E-state index is -0.807. The van der Waals surface area contributed by atoms with Crippen LogP contribution in [0.5, 0.6) is 0 Å². The summed E-state index contributed by atoms with van der Waals surface area (Å²) in [7, 11) is 2.97. The van der Waals surface area contributed by atoms with Gasteiger partial charge in [-0.2, -0.15) is 0 Å². The Morgan fingerprint density at radius 3 is 2.36 bits per heavy atom. The molecular formula is C10H15NO3. The smallest absolute Gasteiger partial charge is 0.187 e. The van der Waals surface area contributed by atoms with Crippen LogP contribution in [0, 0.1) is 6.92 Å². The van der Waals surface area contributed by atoms with E-state index in [1.165, 1.54) is 14.2 Å². The molecule has 0 saturated carbocycles. The number of aliphatic hydroxyl groups is 1. The molecule has 0 fully saturated rings. The standard InChI is InChI=1S/C10H15NO3/c1-7-4-5-8(6-11-7)9(12)10(13-2)14-3/h4-6,9-10,12H,1-3H3. The number of hydrogen-bond acceptors (Lipinski definition) is 4. The van der Waals surface area contributed by atoms with Gasteiger partial charge in [-0.25, -0.2) is 0 Å². The number of aromatic nitrogens is 1. The molecule has 14 heavy (non-hydrogen) atoms. The molecule has 0 aliphatic heterocycles. The van der Waals surface area contributed by atoms with Gasteiger partial charge in [-0.15, -0.1) is 0 Å². The number of methoxy groups -OCH3 is 2. The van der Waals surface area contributed by atoms with Crippen molar-refractivity contribution in [2.75, 3.05) is 14.2 Å². The summed E-state index contributed by atoms with van der Waals surface area (Å²) in [5.74, 6) is 0. The first-order chi connectivity index (χ1) is 6.69. The van der Waals surface area contributed by atoms with Crippen molar-refractivity contribution in [2.45, 2.75) is 19.3 Å². The quantitative estimate of drug-likeness (QED) is 0.733. The number of aliphatic hydroxyl groups excluding tert-OH is 1. The van der Waals surface area contributed by atoms with Gasteiger partial charge in [0.2, 0.25) is 0 Å². The zero-order chi connectivity index (χ0) is 10.6. The van der Waals surface area contributed by atoms with Crippen molar-refractivity contribution in [1.82, 2.24) is 4.98 Å². The third-order valence-electron chi connectivity index (χ3n) is 2.00.